The molecule has 0 saturated carbocycles. The van der Waals surface area contributed by atoms with Crippen LogP contribution in [0.3, 0.4) is 0 Å². The Kier molecular flexibility index (Phi) is 7.14. The number of nitriles is 4. The summed E-state index contributed by atoms with van der Waals surface area (Å²) in [5.41, 5.74) is 4.01. The van der Waals surface area contributed by atoms with E-state index in [1.165, 1.54) is 0 Å². The second kappa shape index (κ2) is 11.3. The fourth-order valence-electron chi connectivity index (χ4n) is 4.30. The van der Waals surface area contributed by atoms with E-state index in [0.717, 1.165) is 5.70 Å². The Morgan fingerprint density at radius 1 is 0.650 bits per heavy atom. The van der Waals surface area contributed by atoms with E-state index >= 15 is 0 Å². The maximum absolute atomic E-state index is 9.54. The number of pyridine rings is 2. The van der Waals surface area contributed by atoms with Gasteiger partial charge >= 0.3 is 0 Å². The SMILES string of the molecule is N#Cc1cccc(N(C2=CC=CN(N(c3cccc(C#N)c3)c3cc(C#N)ccn3)C2)c2cc(C#N)ccn2)c1. The summed E-state index contributed by atoms with van der Waals surface area (Å²) < 4.78 is 0. The minimum absolute atomic E-state index is 0.320. The fraction of sp³-hybridized carbons (Fsp3) is 0.0323. The van der Waals surface area contributed by atoms with Gasteiger partial charge in [-0.15, -0.1) is 0 Å². The van der Waals surface area contributed by atoms with Gasteiger partial charge in [-0.05, 0) is 66.7 Å². The highest BCUT2D eigenvalue weighted by molar-refractivity contribution is 5.69. The van der Waals surface area contributed by atoms with Gasteiger partial charge in [0.25, 0.3) is 0 Å². The van der Waals surface area contributed by atoms with Gasteiger partial charge in [0.15, 0.2) is 5.82 Å². The molecule has 40 heavy (non-hydrogen) atoms. The highest BCUT2D eigenvalue weighted by Gasteiger charge is 2.25. The van der Waals surface area contributed by atoms with E-state index in [2.05, 4.69) is 34.2 Å². The lowest BCUT2D eigenvalue weighted by molar-refractivity contribution is 0.404. The molecule has 0 aliphatic carbocycles. The van der Waals surface area contributed by atoms with E-state index in [9.17, 15) is 21.0 Å². The summed E-state index contributed by atoms with van der Waals surface area (Å²) in [6.07, 6.45) is 8.80. The number of rotatable bonds is 6. The Balaban J connectivity index is 1.61. The first-order valence-electron chi connectivity index (χ1n) is 12.1. The summed E-state index contributed by atoms with van der Waals surface area (Å²) >= 11 is 0. The van der Waals surface area contributed by atoms with Crippen LogP contribution >= 0.6 is 0 Å². The van der Waals surface area contributed by atoms with E-state index < -0.39 is 0 Å². The van der Waals surface area contributed by atoms with Crippen molar-refractivity contribution in [3.63, 3.8) is 0 Å². The minimum atomic E-state index is 0.320. The second-order valence-electron chi connectivity index (χ2n) is 8.60. The van der Waals surface area contributed by atoms with Crippen molar-refractivity contribution in [1.29, 1.82) is 21.0 Å². The Morgan fingerprint density at radius 2 is 1.20 bits per heavy atom. The molecule has 2 aromatic heterocycles. The summed E-state index contributed by atoms with van der Waals surface area (Å²) in [4.78, 5) is 11.0. The Hall–Kier alpha value is -6.42. The first kappa shape index (κ1) is 25.2. The zero-order valence-corrected chi connectivity index (χ0v) is 21.0. The summed E-state index contributed by atoms with van der Waals surface area (Å²) in [5.74, 6) is 1.00. The van der Waals surface area contributed by atoms with Crippen molar-refractivity contribution in [1.82, 2.24) is 15.0 Å². The minimum Gasteiger partial charge on any atom is -0.297 e. The molecule has 0 unspecified atom stereocenters. The smallest absolute Gasteiger partial charge is 0.153 e. The van der Waals surface area contributed by atoms with Crippen molar-refractivity contribution in [2.45, 2.75) is 0 Å². The first-order chi connectivity index (χ1) is 19.6. The fourth-order valence-corrected chi connectivity index (χ4v) is 4.30. The summed E-state index contributed by atoms with van der Waals surface area (Å²) in [5, 5.41) is 41.9. The van der Waals surface area contributed by atoms with Crippen LogP contribution in [0.15, 0.2) is 109 Å². The van der Waals surface area contributed by atoms with Crippen molar-refractivity contribution in [3.8, 4) is 24.3 Å². The lowest BCUT2D eigenvalue weighted by atomic mass is 10.1. The standard InChI is InChI=1S/C31H19N9/c32-18-23-4-1-6-27(14-23)39(30-16-25(20-34)9-11-36-30)29-8-3-13-38(22-29)40(28-7-2-5-24(15-28)19-33)31-17-26(21-35)10-12-37-31/h1-17H,22H2. The number of benzene rings is 2. The number of anilines is 4. The van der Waals surface area contributed by atoms with Crippen LogP contribution < -0.4 is 9.91 Å². The third-order valence-corrected chi connectivity index (χ3v) is 6.06. The molecule has 4 aromatic rings. The maximum Gasteiger partial charge on any atom is 0.153 e. The molecule has 1 aliphatic heterocycles. The molecule has 9 heteroatoms. The van der Waals surface area contributed by atoms with Crippen molar-refractivity contribution in [3.05, 3.63) is 131 Å². The van der Waals surface area contributed by atoms with Crippen molar-refractivity contribution in [2.75, 3.05) is 16.5 Å². The number of hydrazine groups is 1. The van der Waals surface area contributed by atoms with Crippen LogP contribution in [0.4, 0.5) is 23.0 Å². The topological polar surface area (TPSA) is 131 Å². The van der Waals surface area contributed by atoms with Gasteiger partial charge < -0.3 is 0 Å². The van der Waals surface area contributed by atoms with Crippen molar-refractivity contribution < 1.29 is 0 Å². The normalized spacial score (nSPS) is 11.8. The Labute approximate surface area is 231 Å². The Bertz CT molecular complexity index is 1700. The zero-order valence-electron chi connectivity index (χ0n) is 21.0. The predicted octanol–water partition coefficient (Wildman–Crippen LogP) is 5.57. The van der Waals surface area contributed by atoms with Crippen LogP contribution in [0, 0.1) is 45.3 Å². The van der Waals surface area contributed by atoms with Crippen LogP contribution in [-0.4, -0.2) is 21.5 Å². The quantitative estimate of drug-likeness (QED) is 0.322. The van der Waals surface area contributed by atoms with Gasteiger partial charge in [-0.2, -0.15) is 21.0 Å². The number of hydrogen-bond donors (Lipinski definition) is 0. The van der Waals surface area contributed by atoms with Crippen LogP contribution in [0.5, 0.6) is 0 Å². The molecule has 0 N–H and O–H groups in total. The molecule has 2 aromatic carbocycles. The average Bonchev–Trinajstić information content (AvgIpc) is 3.02. The molecule has 0 amide bonds. The second-order valence-corrected chi connectivity index (χ2v) is 8.60. The molecular formula is C31H19N9. The van der Waals surface area contributed by atoms with Crippen LogP contribution in [0.2, 0.25) is 0 Å². The monoisotopic (exact) mass is 517 g/mol. The molecule has 1 aliphatic rings. The third-order valence-electron chi connectivity index (χ3n) is 6.06. The van der Waals surface area contributed by atoms with Gasteiger partial charge in [-0.3, -0.25) is 9.91 Å². The van der Waals surface area contributed by atoms with Crippen molar-refractivity contribution in [2.24, 2.45) is 0 Å². The molecule has 0 fully saturated rings. The summed E-state index contributed by atoms with van der Waals surface area (Å²) in [7, 11) is 0. The third kappa shape index (κ3) is 5.17. The van der Waals surface area contributed by atoms with E-state index in [0.29, 0.717) is 51.8 Å². The molecule has 0 atom stereocenters. The van der Waals surface area contributed by atoms with Gasteiger partial charge in [0.05, 0.1) is 58.8 Å². The van der Waals surface area contributed by atoms with Gasteiger partial charge in [-0.1, -0.05) is 12.1 Å². The van der Waals surface area contributed by atoms with Crippen molar-refractivity contribution >= 4 is 23.0 Å². The molecule has 9 nitrogen and oxygen atoms in total. The Morgan fingerprint density at radius 3 is 1.85 bits per heavy atom. The molecular weight excluding hydrogens is 498 g/mol. The molecule has 0 bridgehead atoms. The molecule has 5 rings (SSSR count). The first-order valence-corrected chi connectivity index (χ1v) is 12.1. The predicted molar refractivity (Wildman–Crippen MR) is 148 cm³/mol. The summed E-state index contributed by atoms with van der Waals surface area (Å²) in [6.45, 7) is 0.320. The van der Waals surface area contributed by atoms with Gasteiger partial charge in [0.1, 0.15) is 5.82 Å². The molecule has 188 valence electrons. The van der Waals surface area contributed by atoms with E-state index in [1.54, 1.807) is 73.1 Å². The van der Waals surface area contributed by atoms with E-state index in [1.807, 2.05) is 45.4 Å². The molecule has 0 saturated heterocycles. The number of allylic oxidation sites excluding steroid dienone is 2. The van der Waals surface area contributed by atoms with Crippen LogP contribution in [0.1, 0.15) is 22.3 Å². The number of aromatic nitrogens is 2. The zero-order chi connectivity index (χ0) is 27.9. The highest BCUT2D eigenvalue weighted by atomic mass is 15.6. The van der Waals surface area contributed by atoms with Gasteiger partial charge in [0, 0.05) is 36.0 Å². The maximum atomic E-state index is 9.54. The van der Waals surface area contributed by atoms with E-state index in [-0.39, 0.29) is 0 Å². The lowest BCUT2D eigenvalue weighted by Crippen LogP contribution is -2.41. The number of nitrogens with zero attached hydrogens (tertiary/aromatic N) is 9. The van der Waals surface area contributed by atoms with Crippen LogP contribution in [0.25, 0.3) is 0 Å². The highest BCUT2D eigenvalue weighted by Crippen LogP contribution is 2.34. The van der Waals surface area contributed by atoms with Gasteiger partial charge in [-0.25, -0.2) is 15.0 Å². The molecule has 3 heterocycles. The van der Waals surface area contributed by atoms with Crippen LogP contribution in [-0.2, 0) is 0 Å². The molecule has 0 spiro atoms. The average molecular weight is 518 g/mol. The van der Waals surface area contributed by atoms with E-state index in [4.69, 9.17) is 0 Å². The molecule has 0 radical (unpaired) electrons. The summed E-state index contributed by atoms with van der Waals surface area (Å²) in [6, 6.07) is 29.6. The lowest BCUT2D eigenvalue weighted by Gasteiger charge is -2.39. The number of hydrogen-bond acceptors (Lipinski definition) is 9. The van der Waals surface area contributed by atoms with Gasteiger partial charge in [0.2, 0.25) is 0 Å². The largest absolute Gasteiger partial charge is 0.297 e.